The molecule has 3 aromatic rings. The fourth-order valence-corrected chi connectivity index (χ4v) is 5.38. The molecule has 6 heteroatoms. The van der Waals surface area contributed by atoms with E-state index in [-0.39, 0.29) is 11.5 Å². The Bertz CT molecular complexity index is 1210. The first kappa shape index (κ1) is 22.9. The molecule has 1 heterocycles. The summed E-state index contributed by atoms with van der Waals surface area (Å²) < 4.78 is 0. The second-order valence-corrected chi connectivity index (χ2v) is 9.57. The first-order valence-corrected chi connectivity index (χ1v) is 12.1. The van der Waals surface area contributed by atoms with Crippen molar-refractivity contribution in [2.75, 3.05) is 5.32 Å². The number of thiophene rings is 1. The number of carboxylic acid groups (broad SMARTS) is 1. The number of hydrogen-bond donors (Lipinski definition) is 2. The van der Waals surface area contributed by atoms with Crippen LogP contribution < -0.4 is 5.32 Å². The Labute approximate surface area is 198 Å². The molecule has 1 aliphatic rings. The number of aryl methyl sites for hydroxylation is 2. The predicted octanol–water partition coefficient (Wildman–Crippen LogP) is 6.73. The van der Waals surface area contributed by atoms with Crippen LogP contribution in [-0.4, -0.2) is 23.2 Å². The van der Waals surface area contributed by atoms with Crippen molar-refractivity contribution in [3.05, 3.63) is 80.7 Å². The van der Waals surface area contributed by atoms with Crippen LogP contribution in [0.5, 0.6) is 0 Å². The minimum absolute atomic E-state index is 0.116. The van der Waals surface area contributed by atoms with Gasteiger partial charge in [0, 0.05) is 16.8 Å². The summed E-state index contributed by atoms with van der Waals surface area (Å²) >= 11 is 1.61. The van der Waals surface area contributed by atoms with Crippen molar-refractivity contribution < 1.29 is 14.7 Å². The fourth-order valence-electron chi connectivity index (χ4n) is 4.15. The molecule has 0 atom stereocenters. The monoisotopic (exact) mass is 460 g/mol. The Kier molecular flexibility index (Phi) is 7.04. The van der Waals surface area contributed by atoms with Gasteiger partial charge in [0.2, 0.25) is 0 Å². The lowest BCUT2D eigenvalue weighted by Gasteiger charge is -2.13. The summed E-state index contributed by atoms with van der Waals surface area (Å²) in [5.41, 5.74) is 5.86. The molecular weight excluding hydrogens is 432 g/mol. The summed E-state index contributed by atoms with van der Waals surface area (Å²) in [5, 5.41) is 12.9. The number of anilines is 1. The summed E-state index contributed by atoms with van der Waals surface area (Å²) in [7, 11) is 0. The molecule has 2 N–H and O–H groups in total. The Morgan fingerprint density at radius 2 is 1.73 bits per heavy atom. The van der Waals surface area contributed by atoms with Gasteiger partial charge in [-0.15, -0.1) is 11.3 Å². The van der Waals surface area contributed by atoms with E-state index in [1.54, 1.807) is 41.8 Å². The first-order chi connectivity index (χ1) is 15.9. The van der Waals surface area contributed by atoms with Crippen LogP contribution in [-0.2, 0) is 12.8 Å². The molecule has 1 aliphatic carbocycles. The minimum atomic E-state index is -0.957. The summed E-state index contributed by atoms with van der Waals surface area (Å²) in [6.45, 7) is 4.06. The van der Waals surface area contributed by atoms with E-state index in [0.717, 1.165) is 53.6 Å². The number of fused-ring (bicyclic) bond motifs is 1. The average Bonchev–Trinajstić information content (AvgIpc) is 3.12. The van der Waals surface area contributed by atoms with Crippen LogP contribution in [0.3, 0.4) is 0 Å². The number of amides is 1. The molecule has 0 saturated carbocycles. The highest BCUT2D eigenvalue weighted by molar-refractivity contribution is 7.16. The summed E-state index contributed by atoms with van der Waals surface area (Å²) in [4.78, 5) is 30.6. The molecule has 33 heavy (non-hydrogen) atoms. The van der Waals surface area contributed by atoms with Gasteiger partial charge in [-0.2, -0.15) is 0 Å². The van der Waals surface area contributed by atoms with Gasteiger partial charge in [-0.3, -0.25) is 4.79 Å². The number of rotatable bonds is 5. The zero-order valence-corrected chi connectivity index (χ0v) is 19.8. The van der Waals surface area contributed by atoms with Crippen LogP contribution in [0.2, 0.25) is 0 Å². The highest BCUT2D eigenvalue weighted by Gasteiger charge is 2.24. The van der Waals surface area contributed by atoms with Crippen LogP contribution >= 0.6 is 11.3 Å². The molecule has 0 spiro atoms. The third-order valence-electron chi connectivity index (χ3n) is 6.22. The first-order valence-electron chi connectivity index (χ1n) is 11.3. The van der Waals surface area contributed by atoms with Crippen molar-refractivity contribution in [1.29, 1.82) is 0 Å². The molecule has 1 aromatic heterocycles. The summed E-state index contributed by atoms with van der Waals surface area (Å²) in [6, 6.07) is 12.5. The molecule has 0 fully saturated rings. The minimum Gasteiger partial charge on any atom is -0.478 e. The molecule has 4 rings (SSSR count). The summed E-state index contributed by atoms with van der Waals surface area (Å²) in [5.74, 6) is -1.07. The van der Waals surface area contributed by atoms with Crippen molar-refractivity contribution in [2.45, 2.75) is 52.4 Å². The zero-order chi connectivity index (χ0) is 23.4. The van der Waals surface area contributed by atoms with E-state index in [9.17, 15) is 9.59 Å². The normalized spacial score (nSPS) is 13.9. The second kappa shape index (κ2) is 10.1. The highest BCUT2D eigenvalue weighted by atomic mass is 32.1. The van der Waals surface area contributed by atoms with E-state index in [1.807, 2.05) is 32.0 Å². The Balaban J connectivity index is 1.70. The van der Waals surface area contributed by atoms with E-state index in [1.165, 1.54) is 17.7 Å². The van der Waals surface area contributed by atoms with Crippen molar-refractivity contribution >= 4 is 40.1 Å². The lowest BCUT2D eigenvalue weighted by molar-refractivity contribution is 0.0696. The smallest absolute Gasteiger partial charge is 0.335 e. The number of carbonyl (C=O) groups is 2. The second-order valence-electron chi connectivity index (χ2n) is 8.49. The van der Waals surface area contributed by atoms with E-state index in [0.29, 0.717) is 10.6 Å². The third kappa shape index (κ3) is 5.22. The van der Waals surface area contributed by atoms with Crippen LogP contribution in [0, 0.1) is 13.8 Å². The SMILES string of the molecule is Cc1cccc(NC(=O)c2c(N=Cc3ccc(C(=O)O)cc3)sc3c2CCCCCC3)c1C. The molecule has 0 bridgehead atoms. The molecule has 5 nitrogen and oxygen atoms in total. The maximum absolute atomic E-state index is 13.5. The maximum atomic E-state index is 13.5. The quantitative estimate of drug-likeness (QED) is 0.415. The Morgan fingerprint density at radius 1 is 1.00 bits per heavy atom. The molecule has 0 radical (unpaired) electrons. The number of carboxylic acids is 1. The van der Waals surface area contributed by atoms with Gasteiger partial charge < -0.3 is 10.4 Å². The standard InChI is InChI=1S/C27H28N2O3S/c1-17-8-7-10-22(18(17)2)29-25(30)24-21-9-5-3-4-6-11-23(21)33-26(24)28-16-19-12-14-20(15-13-19)27(31)32/h7-8,10,12-16H,3-6,9,11H2,1-2H3,(H,29,30)(H,31,32). The van der Waals surface area contributed by atoms with E-state index in [2.05, 4.69) is 5.32 Å². The average molecular weight is 461 g/mol. The number of nitrogens with zero attached hydrogens (tertiary/aromatic N) is 1. The molecule has 0 saturated heterocycles. The predicted molar refractivity (Wildman–Crippen MR) is 135 cm³/mol. The molecule has 0 aliphatic heterocycles. The number of aliphatic imine (C=N–C) groups is 1. The van der Waals surface area contributed by atoms with E-state index >= 15 is 0 Å². The number of benzene rings is 2. The molecule has 1 amide bonds. The van der Waals surface area contributed by atoms with Gasteiger partial charge in [0.05, 0.1) is 11.1 Å². The van der Waals surface area contributed by atoms with Crippen LogP contribution in [0.4, 0.5) is 10.7 Å². The van der Waals surface area contributed by atoms with Gasteiger partial charge >= 0.3 is 5.97 Å². The van der Waals surface area contributed by atoms with Crippen LogP contribution in [0.15, 0.2) is 47.5 Å². The third-order valence-corrected chi connectivity index (χ3v) is 7.42. The molecule has 170 valence electrons. The molecule has 0 unspecified atom stereocenters. The van der Waals surface area contributed by atoms with Crippen molar-refractivity contribution in [3.8, 4) is 0 Å². The van der Waals surface area contributed by atoms with Crippen molar-refractivity contribution in [1.82, 2.24) is 0 Å². The fraction of sp³-hybridized carbons (Fsp3) is 0.296. The lowest BCUT2D eigenvalue weighted by atomic mass is 9.96. The van der Waals surface area contributed by atoms with Gasteiger partial charge in [0.25, 0.3) is 5.91 Å². The number of nitrogens with one attached hydrogen (secondary N) is 1. The highest BCUT2D eigenvalue weighted by Crippen LogP contribution is 2.39. The van der Waals surface area contributed by atoms with Gasteiger partial charge in [-0.05, 0) is 80.0 Å². The largest absolute Gasteiger partial charge is 0.478 e. The van der Waals surface area contributed by atoms with Gasteiger partial charge in [0.1, 0.15) is 5.00 Å². The lowest BCUT2D eigenvalue weighted by Crippen LogP contribution is -2.15. The van der Waals surface area contributed by atoms with Gasteiger partial charge in [-0.1, -0.05) is 37.1 Å². The number of hydrogen-bond acceptors (Lipinski definition) is 4. The number of aromatic carboxylic acids is 1. The summed E-state index contributed by atoms with van der Waals surface area (Å²) in [6.07, 6.45) is 8.19. The van der Waals surface area contributed by atoms with Crippen LogP contribution in [0.1, 0.15) is 73.5 Å². The Morgan fingerprint density at radius 3 is 2.45 bits per heavy atom. The number of carbonyl (C=O) groups excluding carboxylic acids is 1. The van der Waals surface area contributed by atoms with Crippen LogP contribution in [0.25, 0.3) is 0 Å². The van der Waals surface area contributed by atoms with E-state index in [4.69, 9.17) is 10.1 Å². The van der Waals surface area contributed by atoms with E-state index < -0.39 is 5.97 Å². The van der Waals surface area contributed by atoms with Gasteiger partial charge in [0.15, 0.2) is 0 Å². The van der Waals surface area contributed by atoms with Gasteiger partial charge in [-0.25, -0.2) is 9.79 Å². The van der Waals surface area contributed by atoms with Crippen molar-refractivity contribution in [3.63, 3.8) is 0 Å². The zero-order valence-electron chi connectivity index (χ0n) is 19.0. The molecule has 2 aromatic carbocycles. The molecular formula is C27H28N2O3S. The topological polar surface area (TPSA) is 78.8 Å². The maximum Gasteiger partial charge on any atom is 0.335 e. The Hall–Kier alpha value is -3.25. The van der Waals surface area contributed by atoms with Crippen molar-refractivity contribution in [2.24, 2.45) is 4.99 Å².